The highest BCUT2D eigenvalue weighted by Crippen LogP contribution is 2.23. The molecule has 15 heavy (non-hydrogen) atoms. The number of aryl methyl sites for hydroxylation is 1. The zero-order valence-corrected chi connectivity index (χ0v) is 10.2. The molecule has 0 N–H and O–H groups in total. The average Bonchev–Trinajstić information content (AvgIpc) is 2.16. The van der Waals surface area contributed by atoms with E-state index in [0.717, 1.165) is 13.2 Å². The van der Waals surface area contributed by atoms with Gasteiger partial charge in [0.1, 0.15) is 0 Å². The van der Waals surface area contributed by atoms with Gasteiger partial charge in [0.05, 0.1) is 19.3 Å². The van der Waals surface area contributed by atoms with Crippen molar-refractivity contribution in [2.24, 2.45) is 0 Å². The maximum absolute atomic E-state index is 5.86. The Balaban J connectivity index is 1.89. The van der Waals surface area contributed by atoms with E-state index in [0.29, 0.717) is 15.3 Å². The van der Waals surface area contributed by atoms with Crippen LogP contribution in [0.15, 0.2) is 24.3 Å². The summed E-state index contributed by atoms with van der Waals surface area (Å²) in [6.07, 6.45) is 0.199. The molecule has 1 aliphatic heterocycles. The minimum absolute atomic E-state index is 0.199. The molecule has 1 heterocycles. The van der Waals surface area contributed by atoms with Crippen LogP contribution in [0.3, 0.4) is 0 Å². The van der Waals surface area contributed by atoms with Crippen LogP contribution in [-0.2, 0) is 9.16 Å². The van der Waals surface area contributed by atoms with Crippen molar-refractivity contribution in [1.82, 2.24) is 0 Å². The third-order valence-corrected chi connectivity index (χ3v) is 3.83. The molecule has 80 valence electrons. The van der Waals surface area contributed by atoms with Gasteiger partial charge in [-0.05, 0) is 25.0 Å². The summed E-state index contributed by atoms with van der Waals surface area (Å²) in [6, 6.07) is 8.40. The van der Waals surface area contributed by atoms with E-state index in [4.69, 9.17) is 9.16 Å². The van der Waals surface area contributed by atoms with Gasteiger partial charge in [-0.2, -0.15) is 0 Å². The maximum Gasteiger partial charge on any atom is 0.238 e. The summed E-state index contributed by atoms with van der Waals surface area (Å²) in [7, 11) is 0.570. The average molecular weight is 220 g/mol. The highest BCUT2D eigenvalue weighted by atomic mass is 28.2. The largest absolute Gasteiger partial charge is 0.410 e. The second-order valence-corrected chi connectivity index (χ2v) is 5.26. The fourth-order valence-corrected chi connectivity index (χ4v) is 2.50. The molecule has 1 unspecified atom stereocenters. The summed E-state index contributed by atoms with van der Waals surface area (Å²) in [5.74, 6) is 0. The monoisotopic (exact) mass is 220 g/mol. The van der Waals surface area contributed by atoms with Gasteiger partial charge >= 0.3 is 0 Å². The molecule has 1 atom stereocenters. The summed E-state index contributed by atoms with van der Waals surface area (Å²) >= 11 is 0. The van der Waals surface area contributed by atoms with Gasteiger partial charge in [0.15, 0.2) is 0 Å². The second kappa shape index (κ2) is 4.92. The first kappa shape index (κ1) is 10.9. The van der Waals surface area contributed by atoms with Gasteiger partial charge in [-0.25, -0.2) is 0 Å². The van der Waals surface area contributed by atoms with Crippen LogP contribution in [0.2, 0.25) is 5.54 Å². The fourth-order valence-electron chi connectivity index (χ4n) is 1.61. The van der Waals surface area contributed by atoms with E-state index in [1.165, 1.54) is 11.1 Å². The molecule has 1 aromatic rings. The minimum Gasteiger partial charge on any atom is -0.410 e. The molecule has 2 rings (SSSR count). The smallest absolute Gasteiger partial charge is 0.238 e. The summed E-state index contributed by atoms with van der Waals surface area (Å²) in [6.45, 7) is 6.00. The number of hydrogen-bond donors (Lipinski definition) is 0. The summed E-state index contributed by atoms with van der Waals surface area (Å²) in [5.41, 5.74) is 3.24. The molecule has 0 bridgehead atoms. The molecule has 1 aliphatic rings. The fraction of sp³-hybridized carbons (Fsp3) is 0.500. The van der Waals surface area contributed by atoms with Crippen molar-refractivity contribution in [3.63, 3.8) is 0 Å². The molecule has 2 nitrogen and oxygen atoms in total. The first-order chi connectivity index (χ1) is 7.27. The minimum atomic E-state index is 0.199. The molecular formula is C12H16O2Si. The van der Waals surface area contributed by atoms with E-state index in [1.807, 2.05) is 0 Å². The lowest BCUT2D eigenvalue weighted by atomic mass is 10.1. The zero-order valence-electron chi connectivity index (χ0n) is 9.19. The van der Waals surface area contributed by atoms with Crippen molar-refractivity contribution in [2.45, 2.75) is 25.5 Å². The highest BCUT2D eigenvalue weighted by molar-refractivity contribution is 6.30. The van der Waals surface area contributed by atoms with Crippen LogP contribution >= 0.6 is 0 Å². The molecular weight excluding hydrogens is 204 g/mol. The van der Waals surface area contributed by atoms with Crippen LogP contribution in [0.4, 0.5) is 0 Å². The van der Waals surface area contributed by atoms with Crippen LogP contribution in [0, 0.1) is 6.92 Å². The lowest BCUT2D eigenvalue weighted by molar-refractivity contribution is 0.0286. The van der Waals surface area contributed by atoms with Crippen LogP contribution in [0.1, 0.15) is 24.2 Å². The predicted molar refractivity (Wildman–Crippen MR) is 61.0 cm³/mol. The molecule has 0 aromatic heterocycles. The van der Waals surface area contributed by atoms with E-state index < -0.39 is 0 Å². The van der Waals surface area contributed by atoms with Gasteiger partial charge in [0.25, 0.3) is 0 Å². The van der Waals surface area contributed by atoms with E-state index in [9.17, 15) is 0 Å². The van der Waals surface area contributed by atoms with E-state index in [-0.39, 0.29) is 6.10 Å². The lowest BCUT2D eigenvalue weighted by Crippen LogP contribution is -2.28. The van der Waals surface area contributed by atoms with Gasteiger partial charge in [0, 0.05) is 5.54 Å². The SMILES string of the molecule is Cc1ccccc1C(C)O[Si]C1COC1. The molecule has 0 saturated carbocycles. The Hall–Kier alpha value is -0.643. The van der Waals surface area contributed by atoms with E-state index in [1.54, 1.807) is 0 Å². The molecule has 0 aliphatic carbocycles. The zero-order chi connectivity index (χ0) is 10.7. The Morgan fingerprint density at radius 3 is 2.73 bits per heavy atom. The number of benzene rings is 1. The van der Waals surface area contributed by atoms with Gasteiger partial charge in [-0.15, -0.1) is 0 Å². The molecule has 0 spiro atoms. The Labute approximate surface area is 93.5 Å². The van der Waals surface area contributed by atoms with Crippen molar-refractivity contribution in [3.05, 3.63) is 35.4 Å². The van der Waals surface area contributed by atoms with Crippen molar-refractivity contribution < 1.29 is 9.16 Å². The predicted octanol–water partition coefficient (Wildman–Crippen LogP) is 2.51. The van der Waals surface area contributed by atoms with Gasteiger partial charge < -0.3 is 9.16 Å². The number of rotatable bonds is 4. The van der Waals surface area contributed by atoms with E-state index >= 15 is 0 Å². The Morgan fingerprint density at radius 1 is 1.40 bits per heavy atom. The van der Waals surface area contributed by atoms with Crippen LogP contribution in [0.5, 0.6) is 0 Å². The summed E-state index contributed by atoms with van der Waals surface area (Å²) in [4.78, 5) is 0. The molecule has 1 aromatic carbocycles. The Kier molecular flexibility index (Phi) is 3.56. The van der Waals surface area contributed by atoms with Crippen molar-refractivity contribution >= 4 is 9.76 Å². The Bertz CT molecular complexity index is 323. The van der Waals surface area contributed by atoms with Gasteiger partial charge in [-0.1, -0.05) is 24.3 Å². The standard InChI is InChI=1S/C12H16O2Si/c1-9-5-3-4-6-12(9)10(2)14-15-11-7-13-8-11/h3-6,10-11H,7-8H2,1-2H3. The molecule has 3 heteroatoms. The normalized spacial score (nSPS) is 18.5. The summed E-state index contributed by atoms with van der Waals surface area (Å²) in [5, 5.41) is 0. The molecule has 0 amide bonds. The van der Waals surface area contributed by atoms with Crippen molar-refractivity contribution in [1.29, 1.82) is 0 Å². The quantitative estimate of drug-likeness (QED) is 0.726. The Morgan fingerprint density at radius 2 is 2.13 bits per heavy atom. The van der Waals surface area contributed by atoms with E-state index in [2.05, 4.69) is 38.1 Å². The first-order valence-corrected chi connectivity index (χ1v) is 6.30. The molecule has 2 radical (unpaired) electrons. The van der Waals surface area contributed by atoms with Crippen molar-refractivity contribution in [2.75, 3.05) is 13.2 Å². The van der Waals surface area contributed by atoms with Crippen LogP contribution in [-0.4, -0.2) is 23.0 Å². The van der Waals surface area contributed by atoms with Gasteiger partial charge in [0.2, 0.25) is 9.76 Å². The third kappa shape index (κ3) is 2.68. The highest BCUT2D eigenvalue weighted by Gasteiger charge is 2.22. The summed E-state index contributed by atoms with van der Waals surface area (Å²) < 4.78 is 11.0. The van der Waals surface area contributed by atoms with Crippen LogP contribution < -0.4 is 0 Å². The maximum atomic E-state index is 5.86. The lowest BCUT2D eigenvalue weighted by Gasteiger charge is -2.26. The number of ether oxygens (including phenoxy) is 1. The van der Waals surface area contributed by atoms with Crippen molar-refractivity contribution in [3.8, 4) is 0 Å². The molecule has 1 saturated heterocycles. The number of hydrogen-bond acceptors (Lipinski definition) is 2. The second-order valence-electron chi connectivity index (χ2n) is 3.97. The van der Waals surface area contributed by atoms with Gasteiger partial charge in [-0.3, -0.25) is 0 Å². The topological polar surface area (TPSA) is 18.5 Å². The van der Waals surface area contributed by atoms with Crippen LogP contribution in [0.25, 0.3) is 0 Å². The third-order valence-electron chi connectivity index (χ3n) is 2.68. The molecule has 1 fully saturated rings. The first-order valence-electron chi connectivity index (χ1n) is 5.32.